The average molecular weight is 394 g/mol. The molecule has 2 unspecified atom stereocenters. The highest BCUT2D eigenvalue weighted by atomic mass is 32.2. The molecule has 0 amide bonds. The molecular formula is C19H23NO4S2. The van der Waals surface area contributed by atoms with Gasteiger partial charge in [-0.2, -0.15) is 0 Å². The maximum absolute atomic E-state index is 5.83. The van der Waals surface area contributed by atoms with Gasteiger partial charge in [-0.05, 0) is 26.0 Å². The van der Waals surface area contributed by atoms with E-state index < -0.39 is 11.4 Å². The summed E-state index contributed by atoms with van der Waals surface area (Å²) < 4.78 is 24.1. The van der Waals surface area contributed by atoms with Gasteiger partial charge in [0.25, 0.3) is 0 Å². The minimum Gasteiger partial charge on any atom is -0.375 e. The molecule has 2 fully saturated rings. The summed E-state index contributed by atoms with van der Waals surface area (Å²) in [6, 6.07) is 8.34. The van der Waals surface area contributed by atoms with Crippen LogP contribution in [0.25, 0.3) is 0 Å². The first-order chi connectivity index (χ1) is 12.6. The van der Waals surface area contributed by atoms with E-state index in [1.165, 1.54) is 0 Å². The molecule has 140 valence electrons. The van der Waals surface area contributed by atoms with E-state index in [9.17, 15) is 0 Å². The number of ether oxygens (including phenoxy) is 4. The van der Waals surface area contributed by atoms with Crippen molar-refractivity contribution in [2.45, 2.75) is 46.9 Å². The maximum Gasteiger partial charge on any atom is 0.192 e. The second kappa shape index (κ2) is 7.22. The van der Waals surface area contributed by atoms with E-state index in [1.54, 1.807) is 30.2 Å². The van der Waals surface area contributed by atoms with Crippen molar-refractivity contribution in [3.8, 4) is 0 Å². The Balaban J connectivity index is 1.49. The van der Waals surface area contributed by atoms with Gasteiger partial charge in [0.1, 0.15) is 10.6 Å². The van der Waals surface area contributed by atoms with Crippen molar-refractivity contribution in [2.24, 2.45) is 0 Å². The van der Waals surface area contributed by atoms with Gasteiger partial charge in [0.15, 0.2) is 5.79 Å². The second-order valence-electron chi connectivity index (χ2n) is 6.61. The van der Waals surface area contributed by atoms with Crippen molar-refractivity contribution in [2.75, 3.05) is 26.9 Å². The van der Waals surface area contributed by atoms with Crippen LogP contribution in [0.1, 0.15) is 30.8 Å². The van der Waals surface area contributed by atoms with Crippen molar-refractivity contribution in [1.29, 1.82) is 0 Å². The molecule has 1 aromatic carbocycles. The average Bonchev–Trinajstić information content (AvgIpc) is 3.37. The zero-order valence-corrected chi connectivity index (χ0v) is 16.8. The first-order valence-corrected chi connectivity index (χ1v) is 10.4. The topological polar surface area (TPSA) is 49.8 Å². The number of rotatable bonds is 5. The maximum atomic E-state index is 5.83. The van der Waals surface area contributed by atoms with Crippen molar-refractivity contribution in [3.63, 3.8) is 0 Å². The molecule has 7 heteroatoms. The molecule has 2 atom stereocenters. The van der Waals surface area contributed by atoms with Crippen molar-refractivity contribution in [1.82, 2.24) is 4.98 Å². The molecule has 0 spiro atoms. The van der Waals surface area contributed by atoms with Gasteiger partial charge < -0.3 is 18.9 Å². The molecule has 4 rings (SSSR count). The van der Waals surface area contributed by atoms with Crippen LogP contribution in [0.5, 0.6) is 0 Å². The number of methoxy groups -OCH3 is 1. The summed E-state index contributed by atoms with van der Waals surface area (Å²) in [5, 5.41) is 0.990. The minimum absolute atomic E-state index is 0.0166. The molecule has 2 aromatic rings. The van der Waals surface area contributed by atoms with E-state index in [2.05, 4.69) is 36.2 Å². The van der Waals surface area contributed by atoms with E-state index in [-0.39, 0.29) is 6.10 Å². The third kappa shape index (κ3) is 3.21. The SMILES string of the molecule is COC1(c2ncc(Sc3ccc(C4(C)OCCO4)cc3)s2)CCOC1C. The summed E-state index contributed by atoms with van der Waals surface area (Å²) in [6.45, 7) is 6.01. The quantitative estimate of drug-likeness (QED) is 0.760. The Kier molecular flexibility index (Phi) is 5.11. The third-order valence-corrected chi connectivity index (χ3v) is 7.41. The van der Waals surface area contributed by atoms with Gasteiger partial charge in [-0.25, -0.2) is 4.98 Å². The molecule has 0 aliphatic carbocycles. The van der Waals surface area contributed by atoms with Crippen LogP contribution in [0.2, 0.25) is 0 Å². The zero-order chi connectivity index (χ0) is 18.2. The Hall–Kier alpha value is -0.960. The molecular weight excluding hydrogens is 370 g/mol. The molecule has 5 nitrogen and oxygen atoms in total. The summed E-state index contributed by atoms with van der Waals surface area (Å²) in [4.78, 5) is 5.79. The highest BCUT2D eigenvalue weighted by molar-refractivity contribution is 8.01. The fourth-order valence-corrected chi connectivity index (χ4v) is 5.71. The summed E-state index contributed by atoms with van der Waals surface area (Å²) in [7, 11) is 1.74. The molecule has 1 aromatic heterocycles. The van der Waals surface area contributed by atoms with Crippen LogP contribution in [0.4, 0.5) is 0 Å². The number of nitrogens with zero attached hydrogens (tertiary/aromatic N) is 1. The third-order valence-electron chi connectivity index (χ3n) is 5.14. The van der Waals surface area contributed by atoms with Gasteiger partial charge in [0.05, 0.1) is 36.3 Å². The van der Waals surface area contributed by atoms with E-state index in [0.717, 1.165) is 26.1 Å². The van der Waals surface area contributed by atoms with Gasteiger partial charge >= 0.3 is 0 Å². The molecule has 0 saturated carbocycles. The highest BCUT2D eigenvalue weighted by Crippen LogP contribution is 2.43. The van der Waals surface area contributed by atoms with Gasteiger partial charge in [-0.15, -0.1) is 11.3 Å². The lowest BCUT2D eigenvalue weighted by molar-refractivity contribution is -0.149. The first kappa shape index (κ1) is 18.4. The highest BCUT2D eigenvalue weighted by Gasteiger charge is 2.46. The molecule has 0 N–H and O–H groups in total. The second-order valence-corrected chi connectivity index (χ2v) is 9.01. The predicted molar refractivity (Wildman–Crippen MR) is 101 cm³/mol. The van der Waals surface area contributed by atoms with Crippen LogP contribution in [0.15, 0.2) is 39.6 Å². The van der Waals surface area contributed by atoms with Gasteiger partial charge in [0.2, 0.25) is 0 Å². The molecule has 3 heterocycles. The smallest absolute Gasteiger partial charge is 0.192 e. The summed E-state index contributed by atoms with van der Waals surface area (Å²) in [5.74, 6) is -0.621. The lowest BCUT2D eigenvalue weighted by Crippen LogP contribution is -2.35. The van der Waals surface area contributed by atoms with E-state index >= 15 is 0 Å². The van der Waals surface area contributed by atoms with Crippen molar-refractivity contribution in [3.05, 3.63) is 41.0 Å². The Morgan fingerprint density at radius 1 is 1.19 bits per heavy atom. The van der Waals surface area contributed by atoms with Crippen LogP contribution >= 0.6 is 23.1 Å². The Bertz CT molecular complexity index is 757. The zero-order valence-electron chi connectivity index (χ0n) is 15.2. The van der Waals surface area contributed by atoms with Gasteiger partial charge in [0, 0.05) is 24.0 Å². The molecule has 0 radical (unpaired) electrons. The van der Waals surface area contributed by atoms with Crippen molar-refractivity contribution < 1.29 is 18.9 Å². The molecule has 2 saturated heterocycles. The van der Waals surface area contributed by atoms with Crippen LogP contribution < -0.4 is 0 Å². The van der Waals surface area contributed by atoms with E-state index in [4.69, 9.17) is 18.9 Å². The molecule has 0 bridgehead atoms. The number of hydrogen-bond acceptors (Lipinski definition) is 7. The standard InChI is InChI=1S/C19H23NO4S2/c1-13-19(21-3,8-9-22-13)17-20-12-16(26-17)25-15-6-4-14(5-7-15)18(2)23-10-11-24-18/h4-7,12-13H,8-11H2,1-3H3. The number of hydrogen-bond donors (Lipinski definition) is 0. The van der Waals surface area contributed by atoms with Crippen molar-refractivity contribution >= 4 is 23.1 Å². The monoisotopic (exact) mass is 393 g/mol. The number of thiazole rings is 1. The summed E-state index contributed by atoms with van der Waals surface area (Å²) >= 11 is 3.38. The molecule has 2 aliphatic rings. The number of aromatic nitrogens is 1. The number of benzene rings is 1. The van der Waals surface area contributed by atoms with Crippen LogP contribution in [0.3, 0.4) is 0 Å². The summed E-state index contributed by atoms with van der Waals surface area (Å²) in [6.07, 6.45) is 2.78. The minimum atomic E-state index is -0.621. The lowest BCUT2D eigenvalue weighted by Gasteiger charge is -2.28. The van der Waals surface area contributed by atoms with Crippen LogP contribution in [-0.2, 0) is 30.3 Å². The predicted octanol–water partition coefficient (Wildman–Crippen LogP) is 4.16. The largest absolute Gasteiger partial charge is 0.375 e. The fourth-order valence-electron chi connectivity index (χ4n) is 3.49. The van der Waals surface area contributed by atoms with Crippen LogP contribution in [-0.4, -0.2) is 38.0 Å². The van der Waals surface area contributed by atoms with Crippen LogP contribution in [0, 0.1) is 0 Å². The lowest BCUT2D eigenvalue weighted by atomic mass is 9.97. The fraction of sp³-hybridized carbons (Fsp3) is 0.526. The first-order valence-electron chi connectivity index (χ1n) is 8.75. The Morgan fingerprint density at radius 3 is 2.54 bits per heavy atom. The molecule has 2 aliphatic heterocycles. The Morgan fingerprint density at radius 2 is 1.92 bits per heavy atom. The normalized spacial score (nSPS) is 27.9. The summed E-state index contributed by atoms with van der Waals surface area (Å²) in [5.41, 5.74) is 0.624. The Labute approximate surface area is 162 Å². The van der Waals surface area contributed by atoms with Gasteiger partial charge in [-0.1, -0.05) is 23.9 Å². The van der Waals surface area contributed by atoms with E-state index in [1.807, 2.05) is 13.1 Å². The van der Waals surface area contributed by atoms with Gasteiger partial charge in [-0.3, -0.25) is 0 Å². The van der Waals surface area contributed by atoms with E-state index in [0.29, 0.717) is 19.8 Å². The molecule has 26 heavy (non-hydrogen) atoms.